The van der Waals surface area contributed by atoms with E-state index in [1.165, 1.54) is 0 Å². The number of likely N-dealkylation sites (tertiary alicyclic amines) is 1. The number of hydrogen-bond acceptors (Lipinski definition) is 4. The van der Waals surface area contributed by atoms with Gasteiger partial charge < -0.3 is 15.5 Å². The number of hydrogen-bond donors (Lipinski definition) is 1. The quantitative estimate of drug-likeness (QED) is 0.780. The smallest absolute Gasteiger partial charge is 0.236 e. The van der Waals surface area contributed by atoms with Crippen LogP contribution in [0.2, 0.25) is 0 Å². The van der Waals surface area contributed by atoms with Gasteiger partial charge in [-0.3, -0.25) is 14.5 Å². The first-order valence-electron chi connectivity index (χ1n) is 7.48. The number of nitrogens with zero attached hydrogens (tertiary/aromatic N) is 3. The van der Waals surface area contributed by atoms with Gasteiger partial charge in [0, 0.05) is 45.7 Å². The molecule has 2 heterocycles. The molecule has 0 saturated carbocycles. The minimum Gasteiger partial charge on any atom is -0.339 e. The maximum Gasteiger partial charge on any atom is 0.236 e. The van der Waals surface area contributed by atoms with E-state index in [9.17, 15) is 9.59 Å². The predicted octanol–water partition coefficient (Wildman–Crippen LogP) is -0.232. The lowest BCUT2D eigenvalue weighted by atomic mass is 10.0. The third kappa shape index (κ3) is 4.83. The molecule has 0 aliphatic carbocycles. The fraction of sp³-hybridized carbons (Fsp3) is 0.857. The minimum absolute atomic E-state index is 0. The molecule has 2 amide bonds. The van der Waals surface area contributed by atoms with Crippen molar-refractivity contribution in [1.29, 1.82) is 0 Å². The highest BCUT2D eigenvalue weighted by Gasteiger charge is 2.29. The Hall–Kier alpha value is -0.850. The van der Waals surface area contributed by atoms with Crippen LogP contribution in [0.15, 0.2) is 0 Å². The summed E-state index contributed by atoms with van der Waals surface area (Å²) in [4.78, 5) is 29.4. The van der Waals surface area contributed by atoms with E-state index < -0.39 is 0 Å². The van der Waals surface area contributed by atoms with Crippen molar-refractivity contribution in [2.24, 2.45) is 11.7 Å². The SMILES string of the molecule is CC(=O)N1CCN(C(=O)CN2CCC(C(C)N)C2)CC1.Cl. The molecule has 7 heteroatoms. The molecule has 2 fully saturated rings. The van der Waals surface area contributed by atoms with E-state index in [-0.39, 0.29) is 30.3 Å². The molecule has 21 heavy (non-hydrogen) atoms. The molecule has 6 nitrogen and oxygen atoms in total. The molecule has 0 spiro atoms. The molecule has 0 aromatic heterocycles. The van der Waals surface area contributed by atoms with Crippen molar-refractivity contribution >= 4 is 24.2 Å². The largest absolute Gasteiger partial charge is 0.339 e. The van der Waals surface area contributed by atoms with E-state index in [4.69, 9.17) is 5.73 Å². The van der Waals surface area contributed by atoms with Crippen LogP contribution in [-0.4, -0.2) is 78.4 Å². The summed E-state index contributed by atoms with van der Waals surface area (Å²) in [5, 5.41) is 0. The Kier molecular flexibility index (Phi) is 6.90. The van der Waals surface area contributed by atoms with Gasteiger partial charge in [-0.15, -0.1) is 12.4 Å². The van der Waals surface area contributed by atoms with E-state index in [1.54, 1.807) is 11.8 Å². The van der Waals surface area contributed by atoms with Crippen molar-refractivity contribution < 1.29 is 9.59 Å². The van der Waals surface area contributed by atoms with Gasteiger partial charge in [-0.2, -0.15) is 0 Å². The van der Waals surface area contributed by atoms with Gasteiger partial charge in [0.15, 0.2) is 0 Å². The number of rotatable bonds is 3. The summed E-state index contributed by atoms with van der Waals surface area (Å²) in [5.74, 6) is 0.785. The topological polar surface area (TPSA) is 69.9 Å². The summed E-state index contributed by atoms with van der Waals surface area (Å²) in [6.07, 6.45) is 1.09. The molecule has 0 radical (unpaired) electrons. The molecule has 2 aliphatic heterocycles. The lowest BCUT2D eigenvalue weighted by Crippen LogP contribution is -2.52. The van der Waals surface area contributed by atoms with Crippen molar-refractivity contribution in [1.82, 2.24) is 14.7 Å². The van der Waals surface area contributed by atoms with Crippen LogP contribution < -0.4 is 5.73 Å². The summed E-state index contributed by atoms with van der Waals surface area (Å²) in [6, 6.07) is 0.203. The van der Waals surface area contributed by atoms with Gasteiger partial charge in [-0.25, -0.2) is 0 Å². The van der Waals surface area contributed by atoms with Gasteiger partial charge >= 0.3 is 0 Å². The molecule has 2 aliphatic rings. The average molecular weight is 319 g/mol. The van der Waals surface area contributed by atoms with Gasteiger partial charge in [0.2, 0.25) is 11.8 Å². The van der Waals surface area contributed by atoms with Gasteiger partial charge in [0.1, 0.15) is 0 Å². The molecule has 122 valence electrons. The van der Waals surface area contributed by atoms with Crippen LogP contribution in [-0.2, 0) is 9.59 Å². The maximum atomic E-state index is 12.3. The van der Waals surface area contributed by atoms with Gasteiger partial charge in [0.25, 0.3) is 0 Å². The lowest BCUT2D eigenvalue weighted by molar-refractivity contribution is -0.139. The molecule has 0 aromatic carbocycles. The Labute approximate surface area is 133 Å². The summed E-state index contributed by atoms with van der Waals surface area (Å²) < 4.78 is 0. The number of amides is 2. The predicted molar refractivity (Wildman–Crippen MR) is 84.3 cm³/mol. The first-order chi connectivity index (χ1) is 9.47. The Morgan fingerprint density at radius 2 is 1.71 bits per heavy atom. The zero-order valence-corrected chi connectivity index (χ0v) is 13.8. The fourth-order valence-corrected chi connectivity index (χ4v) is 3.00. The normalized spacial score (nSPS) is 24.6. The molecular weight excluding hydrogens is 292 g/mol. The van der Waals surface area contributed by atoms with Crippen molar-refractivity contribution in [3.05, 3.63) is 0 Å². The molecule has 2 unspecified atom stereocenters. The Bertz CT molecular complexity index is 370. The van der Waals surface area contributed by atoms with E-state index >= 15 is 0 Å². The second-order valence-electron chi connectivity index (χ2n) is 6.03. The molecule has 2 atom stereocenters. The van der Waals surface area contributed by atoms with Crippen LogP contribution in [0, 0.1) is 5.92 Å². The van der Waals surface area contributed by atoms with Crippen molar-refractivity contribution in [2.75, 3.05) is 45.8 Å². The summed E-state index contributed by atoms with van der Waals surface area (Å²) in [7, 11) is 0. The first kappa shape index (κ1) is 18.2. The molecule has 0 aromatic rings. The molecule has 2 saturated heterocycles. The third-order valence-corrected chi connectivity index (χ3v) is 4.49. The van der Waals surface area contributed by atoms with Gasteiger partial charge in [-0.1, -0.05) is 0 Å². The summed E-state index contributed by atoms with van der Waals surface area (Å²) in [6.45, 7) is 8.62. The van der Waals surface area contributed by atoms with Gasteiger partial charge in [0.05, 0.1) is 6.54 Å². The molecule has 2 rings (SSSR count). The molecular formula is C14H27ClN4O2. The van der Waals surface area contributed by atoms with Crippen LogP contribution in [0.5, 0.6) is 0 Å². The first-order valence-corrected chi connectivity index (χ1v) is 7.48. The van der Waals surface area contributed by atoms with E-state index in [0.29, 0.717) is 38.6 Å². The maximum absolute atomic E-state index is 12.3. The third-order valence-electron chi connectivity index (χ3n) is 4.49. The highest BCUT2D eigenvalue weighted by molar-refractivity contribution is 5.85. The van der Waals surface area contributed by atoms with Crippen molar-refractivity contribution in [3.8, 4) is 0 Å². The van der Waals surface area contributed by atoms with Crippen LogP contribution in [0.4, 0.5) is 0 Å². The Morgan fingerprint density at radius 3 is 2.19 bits per heavy atom. The van der Waals surface area contributed by atoms with Crippen molar-refractivity contribution in [3.63, 3.8) is 0 Å². The number of nitrogens with two attached hydrogens (primary N) is 1. The standard InChI is InChI=1S/C14H26N4O2.ClH/c1-11(15)13-3-4-16(9-13)10-14(20)18-7-5-17(6-8-18)12(2)19;/h11,13H,3-10,15H2,1-2H3;1H. The van der Waals surface area contributed by atoms with Crippen LogP contribution in [0.1, 0.15) is 20.3 Å². The van der Waals surface area contributed by atoms with E-state index in [1.807, 2.05) is 11.8 Å². The zero-order chi connectivity index (χ0) is 14.7. The zero-order valence-electron chi connectivity index (χ0n) is 13.0. The van der Waals surface area contributed by atoms with Crippen molar-refractivity contribution in [2.45, 2.75) is 26.3 Å². The molecule has 2 N–H and O–H groups in total. The highest BCUT2D eigenvalue weighted by atomic mass is 35.5. The summed E-state index contributed by atoms with van der Waals surface area (Å²) in [5.41, 5.74) is 5.92. The monoisotopic (exact) mass is 318 g/mol. The minimum atomic E-state index is 0. The van der Waals surface area contributed by atoms with Crippen LogP contribution >= 0.6 is 12.4 Å². The molecule has 0 bridgehead atoms. The van der Waals surface area contributed by atoms with Crippen LogP contribution in [0.3, 0.4) is 0 Å². The number of carbonyl (C=O) groups excluding carboxylic acids is 2. The summed E-state index contributed by atoms with van der Waals surface area (Å²) >= 11 is 0. The van der Waals surface area contributed by atoms with E-state index in [2.05, 4.69) is 4.90 Å². The average Bonchev–Trinajstić information content (AvgIpc) is 2.87. The Morgan fingerprint density at radius 1 is 1.14 bits per heavy atom. The number of halogens is 1. The number of carbonyl (C=O) groups is 2. The van der Waals surface area contributed by atoms with Gasteiger partial charge in [-0.05, 0) is 25.8 Å². The lowest BCUT2D eigenvalue weighted by Gasteiger charge is -2.35. The van der Waals surface area contributed by atoms with E-state index in [0.717, 1.165) is 19.5 Å². The number of piperazine rings is 1. The fourth-order valence-electron chi connectivity index (χ4n) is 3.00. The highest BCUT2D eigenvalue weighted by Crippen LogP contribution is 2.18. The second-order valence-corrected chi connectivity index (χ2v) is 6.03. The Balaban J connectivity index is 0.00000220. The second kappa shape index (κ2) is 7.96. The van der Waals surface area contributed by atoms with Crippen LogP contribution in [0.25, 0.3) is 0 Å².